The molecule has 0 aromatic carbocycles. The summed E-state index contributed by atoms with van der Waals surface area (Å²) in [6.07, 6.45) is 5.14. The number of likely N-dealkylation sites (tertiary alicyclic amines) is 1. The van der Waals surface area contributed by atoms with E-state index in [-0.39, 0.29) is 11.9 Å². The van der Waals surface area contributed by atoms with Crippen LogP contribution in [0.2, 0.25) is 0 Å². The summed E-state index contributed by atoms with van der Waals surface area (Å²) >= 11 is 0. The molecular weight excluding hydrogens is 266 g/mol. The molecule has 5 nitrogen and oxygen atoms in total. The van der Waals surface area contributed by atoms with Crippen LogP contribution in [0.25, 0.3) is 0 Å². The molecule has 3 heterocycles. The molecule has 0 aliphatic carbocycles. The molecule has 0 spiro atoms. The van der Waals surface area contributed by atoms with Crippen LogP contribution in [0.1, 0.15) is 38.0 Å². The van der Waals surface area contributed by atoms with Crippen LogP contribution in [0.4, 0.5) is 0 Å². The highest BCUT2D eigenvalue weighted by Crippen LogP contribution is 2.27. The zero-order valence-electron chi connectivity index (χ0n) is 12.8. The molecule has 2 fully saturated rings. The standard InChI is InChI=1S/C16H25N3O2/c1-13-12-17-7-10-19(13)15(14-6-5-11-21-14)16(20)18-8-3-2-4-9-18/h5-6,11,13,15,17H,2-4,7-10,12H2,1H3. The number of carbonyl (C=O) groups is 1. The summed E-state index contributed by atoms with van der Waals surface area (Å²) in [6.45, 7) is 6.67. The van der Waals surface area contributed by atoms with Crippen LogP contribution >= 0.6 is 0 Å². The lowest BCUT2D eigenvalue weighted by Gasteiger charge is -2.40. The SMILES string of the molecule is CC1CNCCN1C(C(=O)N1CCCCC1)c1ccco1. The minimum atomic E-state index is -0.268. The Kier molecular flexibility index (Phi) is 4.60. The van der Waals surface area contributed by atoms with Gasteiger partial charge in [0, 0.05) is 38.8 Å². The Morgan fingerprint density at radius 3 is 2.81 bits per heavy atom. The predicted octanol–water partition coefficient (Wildman–Crippen LogP) is 1.63. The molecule has 2 aliphatic heterocycles. The summed E-state index contributed by atoms with van der Waals surface area (Å²) < 4.78 is 5.60. The number of furan rings is 1. The summed E-state index contributed by atoms with van der Waals surface area (Å²) in [5, 5.41) is 3.39. The number of rotatable bonds is 3. The van der Waals surface area contributed by atoms with Crippen molar-refractivity contribution >= 4 is 5.91 Å². The largest absolute Gasteiger partial charge is 0.467 e. The molecular formula is C16H25N3O2. The smallest absolute Gasteiger partial charge is 0.247 e. The summed E-state index contributed by atoms with van der Waals surface area (Å²) in [5.41, 5.74) is 0. The molecule has 2 atom stereocenters. The van der Waals surface area contributed by atoms with Gasteiger partial charge in [-0.3, -0.25) is 9.69 Å². The predicted molar refractivity (Wildman–Crippen MR) is 80.9 cm³/mol. The van der Waals surface area contributed by atoms with E-state index >= 15 is 0 Å². The number of nitrogens with zero attached hydrogens (tertiary/aromatic N) is 2. The highest BCUT2D eigenvalue weighted by Gasteiger charge is 2.37. The molecule has 5 heteroatoms. The van der Waals surface area contributed by atoms with Gasteiger partial charge in [-0.05, 0) is 38.3 Å². The summed E-state index contributed by atoms with van der Waals surface area (Å²) in [4.78, 5) is 17.3. The minimum Gasteiger partial charge on any atom is -0.467 e. The van der Waals surface area contributed by atoms with E-state index in [1.54, 1.807) is 6.26 Å². The lowest BCUT2D eigenvalue weighted by atomic mass is 10.0. The van der Waals surface area contributed by atoms with Crippen molar-refractivity contribution in [3.05, 3.63) is 24.2 Å². The van der Waals surface area contributed by atoms with E-state index in [1.807, 2.05) is 17.0 Å². The molecule has 0 radical (unpaired) electrons. The van der Waals surface area contributed by atoms with Gasteiger partial charge >= 0.3 is 0 Å². The van der Waals surface area contributed by atoms with E-state index in [0.29, 0.717) is 6.04 Å². The van der Waals surface area contributed by atoms with Crippen molar-refractivity contribution in [3.8, 4) is 0 Å². The second-order valence-corrected chi connectivity index (χ2v) is 6.09. The van der Waals surface area contributed by atoms with Gasteiger partial charge in [-0.25, -0.2) is 0 Å². The average Bonchev–Trinajstić information content (AvgIpc) is 3.04. The van der Waals surface area contributed by atoms with E-state index in [2.05, 4.69) is 17.1 Å². The third-order valence-corrected chi connectivity index (χ3v) is 4.60. The van der Waals surface area contributed by atoms with Crippen LogP contribution in [0, 0.1) is 0 Å². The van der Waals surface area contributed by atoms with Crippen molar-refractivity contribution in [2.45, 2.75) is 38.3 Å². The van der Waals surface area contributed by atoms with Crippen LogP contribution < -0.4 is 5.32 Å². The van der Waals surface area contributed by atoms with E-state index < -0.39 is 0 Å². The van der Waals surface area contributed by atoms with Gasteiger partial charge in [0.1, 0.15) is 11.8 Å². The number of carbonyl (C=O) groups excluding carboxylic acids is 1. The first-order valence-corrected chi connectivity index (χ1v) is 8.06. The molecule has 1 amide bonds. The highest BCUT2D eigenvalue weighted by atomic mass is 16.3. The van der Waals surface area contributed by atoms with Crippen molar-refractivity contribution in [3.63, 3.8) is 0 Å². The van der Waals surface area contributed by atoms with E-state index in [9.17, 15) is 4.79 Å². The topological polar surface area (TPSA) is 48.7 Å². The quantitative estimate of drug-likeness (QED) is 0.919. The maximum absolute atomic E-state index is 13.0. The fourth-order valence-corrected chi connectivity index (χ4v) is 3.40. The van der Waals surface area contributed by atoms with Crippen molar-refractivity contribution in [2.24, 2.45) is 0 Å². The molecule has 2 aliphatic rings. The van der Waals surface area contributed by atoms with Gasteiger partial charge in [0.05, 0.1) is 6.26 Å². The molecule has 2 saturated heterocycles. The van der Waals surface area contributed by atoms with Crippen LogP contribution in [-0.4, -0.2) is 54.5 Å². The second kappa shape index (κ2) is 6.62. The van der Waals surface area contributed by atoms with Gasteiger partial charge in [0.2, 0.25) is 5.91 Å². The number of amides is 1. The lowest BCUT2D eigenvalue weighted by molar-refractivity contribution is -0.140. The van der Waals surface area contributed by atoms with Crippen molar-refractivity contribution in [1.29, 1.82) is 0 Å². The minimum absolute atomic E-state index is 0.207. The molecule has 116 valence electrons. The van der Waals surface area contributed by atoms with Crippen LogP contribution in [0.5, 0.6) is 0 Å². The van der Waals surface area contributed by atoms with E-state index in [4.69, 9.17) is 4.42 Å². The fourth-order valence-electron chi connectivity index (χ4n) is 3.40. The zero-order valence-corrected chi connectivity index (χ0v) is 12.8. The first-order chi connectivity index (χ1) is 10.3. The van der Waals surface area contributed by atoms with Gasteiger partial charge in [-0.1, -0.05) is 0 Å². The first kappa shape index (κ1) is 14.6. The average molecular weight is 291 g/mol. The third kappa shape index (κ3) is 3.14. The Hall–Kier alpha value is -1.33. The van der Waals surface area contributed by atoms with Gasteiger partial charge < -0.3 is 14.6 Å². The van der Waals surface area contributed by atoms with Crippen LogP contribution in [-0.2, 0) is 4.79 Å². The fraction of sp³-hybridized carbons (Fsp3) is 0.688. The highest BCUT2D eigenvalue weighted by molar-refractivity contribution is 5.82. The number of piperidine rings is 1. The monoisotopic (exact) mass is 291 g/mol. The number of piperazine rings is 1. The third-order valence-electron chi connectivity index (χ3n) is 4.60. The molecule has 2 unspecified atom stereocenters. The number of hydrogen-bond donors (Lipinski definition) is 1. The first-order valence-electron chi connectivity index (χ1n) is 8.06. The number of nitrogens with one attached hydrogen (secondary N) is 1. The Labute approximate surface area is 126 Å². The van der Waals surface area contributed by atoms with Gasteiger partial charge in [0.25, 0.3) is 0 Å². The van der Waals surface area contributed by atoms with Gasteiger partial charge in [-0.2, -0.15) is 0 Å². The van der Waals surface area contributed by atoms with Crippen molar-refractivity contribution in [2.75, 3.05) is 32.7 Å². The molecule has 3 rings (SSSR count). The van der Waals surface area contributed by atoms with Crippen molar-refractivity contribution in [1.82, 2.24) is 15.1 Å². The molecule has 0 bridgehead atoms. The van der Waals surface area contributed by atoms with Crippen molar-refractivity contribution < 1.29 is 9.21 Å². The number of hydrogen-bond acceptors (Lipinski definition) is 4. The van der Waals surface area contributed by atoms with E-state index in [1.165, 1.54) is 6.42 Å². The molecule has 0 saturated carbocycles. The lowest BCUT2D eigenvalue weighted by Crippen LogP contribution is -2.55. The van der Waals surface area contributed by atoms with Crippen LogP contribution in [0.15, 0.2) is 22.8 Å². The maximum Gasteiger partial charge on any atom is 0.247 e. The normalized spacial score (nSPS) is 25.8. The molecule has 1 aromatic heterocycles. The molecule has 21 heavy (non-hydrogen) atoms. The maximum atomic E-state index is 13.0. The summed E-state index contributed by atoms with van der Waals surface area (Å²) in [6, 6.07) is 3.87. The Morgan fingerprint density at radius 2 is 2.14 bits per heavy atom. The Bertz CT molecular complexity index is 454. The molecule has 1 aromatic rings. The second-order valence-electron chi connectivity index (χ2n) is 6.09. The van der Waals surface area contributed by atoms with Crippen LogP contribution in [0.3, 0.4) is 0 Å². The summed E-state index contributed by atoms with van der Waals surface area (Å²) in [5.74, 6) is 0.984. The summed E-state index contributed by atoms with van der Waals surface area (Å²) in [7, 11) is 0. The van der Waals surface area contributed by atoms with E-state index in [0.717, 1.165) is 51.3 Å². The van der Waals surface area contributed by atoms with Gasteiger partial charge in [-0.15, -0.1) is 0 Å². The Balaban J connectivity index is 1.83. The molecule has 1 N–H and O–H groups in total. The van der Waals surface area contributed by atoms with Gasteiger partial charge in [0.15, 0.2) is 0 Å². The Morgan fingerprint density at radius 1 is 1.33 bits per heavy atom. The zero-order chi connectivity index (χ0) is 14.7.